The molecule has 0 bridgehead atoms. The lowest BCUT2D eigenvalue weighted by Gasteiger charge is -2.21. The molecule has 0 atom stereocenters. The summed E-state index contributed by atoms with van der Waals surface area (Å²) in [4.78, 5) is 14.4. The monoisotopic (exact) mass is 316 g/mol. The first-order chi connectivity index (χ1) is 10.7. The van der Waals surface area contributed by atoms with Gasteiger partial charge in [0.25, 0.3) is 0 Å². The minimum absolute atomic E-state index is 0.209. The van der Waals surface area contributed by atoms with Gasteiger partial charge in [-0.1, -0.05) is 11.6 Å². The Balaban J connectivity index is 1.75. The Labute approximate surface area is 134 Å². The van der Waals surface area contributed by atoms with Crippen molar-refractivity contribution in [2.45, 2.75) is 12.8 Å². The molecule has 0 radical (unpaired) electrons. The van der Waals surface area contributed by atoms with Gasteiger partial charge in [0.15, 0.2) is 0 Å². The summed E-state index contributed by atoms with van der Waals surface area (Å²) in [6.45, 7) is 2.01. The van der Waals surface area contributed by atoms with Crippen LogP contribution in [0, 0.1) is 0 Å². The van der Waals surface area contributed by atoms with Crippen LogP contribution in [0.2, 0.25) is 5.02 Å². The fourth-order valence-electron chi connectivity index (χ4n) is 2.56. The number of hydrogen-bond donors (Lipinski definition) is 1. The molecule has 1 aromatic heterocycles. The Bertz CT molecular complexity index is 674. The fourth-order valence-corrected chi connectivity index (χ4v) is 2.73. The Morgan fingerprint density at radius 2 is 2.09 bits per heavy atom. The lowest BCUT2D eigenvalue weighted by molar-refractivity contribution is -0.111. The van der Waals surface area contributed by atoms with Crippen molar-refractivity contribution in [3.63, 3.8) is 0 Å². The van der Waals surface area contributed by atoms with Gasteiger partial charge < -0.3 is 14.6 Å². The van der Waals surface area contributed by atoms with E-state index in [9.17, 15) is 4.79 Å². The highest BCUT2D eigenvalue weighted by Crippen LogP contribution is 2.31. The zero-order valence-electron chi connectivity index (χ0n) is 12.1. The van der Waals surface area contributed by atoms with E-state index in [0.717, 1.165) is 24.5 Å². The first kappa shape index (κ1) is 14.7. The zero-order chi connectivity index (χ0) is 15.4. The molecule has 1 aliphatic rings. The first-order valence-electron chi connectivity index (χ1n) is 7.29. The van der Waals surface area contributed by atoms with Gasteiger partial charge in [0, 0.05) is 24.2 Å². The maximum Gasteiger partial charge on any atom is 0.248 e. The number of anilines is 2. The molecule has 1 fully saturated rings. The molecule has 1 aliphatic heterocycles. The van der Waals surface area contributed by atoms with Crippen LogP contribution in [0.3, 0.4) is 0 Å². The molecule has 1 aromatic carbocycles. The number of halogens is 1. The van der Waals surface area contributed by atoms with Gasteiger partial charge in [-0.2, -0.15) is 0 Å². The van der Waals surface area contributed by atoms with Gasteiger partial charge >= 0.3 is 0 Å². The van der Waals surface area contributed by atoms with E-state index in [1.807, 2.05) is 12.1 Å². The predicted octanol–water partition coefficient (Wildman–Crippen LogP) is 4.19. The van der Waals surface area contributed by atoms with Crippen molar-refractivity contribution >= 4 is 35.0 Å². The molecule has 0 saturated carbocycles. The summed E-state index contributed by atoms with van der Waals surface area (Å²) < 4.78 is 5.16. The molecule has 0 unspecified atom stereocenters. The van der Waals surface area contributed by atoms with Gasteiger partial charge in [0.05, 0.1) is 17.6 Å². The SMILES string of the molecule is O=C(/C=C/c1ccco1)Nc1cc(Cl)ccc1N1CCCC1. The topological polar surface area (TPSA) is 45.5 Å². The Kier molecular flexibility index (Phi) is 4.49. The normalized spacial score (nSPS) is 14.7. The molecule has 0 spiro atoms. The molecule has 1 amide bonds. The van der Waals surface area contributed by atoms with E-state index in [1.54, 1.807) is 30.5 Å². The molecule has 1 N–H and O–H groups in total. The fraction of sp³-hybridized carbons (Fsp3) is 0.235. The third-order valence-electron chi connectivity index (χ3n) is 3.61. The number of amides is 1. The van der Waals surface area contributed by atoms with Gasteiger partial charge in [-0.25, -0.2) is 0 Å². The predicted molar refractivity (Wildman–Crippen MR) is 89.3 cm³/mol. The van der Waals surface area contributed by atoms with Crippen LogP contribution < -0.4 is 10.2 Å². The quantitative estimate of drug-likeness (QED) is 0.860. The summed E-state index contributed by atoms with van der Waals surface area (Å²) in [5.41, 5.74) is 1.75. The Hall–Kier alpha value is -2.20. The summed E-state index contributed by atoms with van der Waals surface area (Å²) in [5.74, 6) is 0.431. The molecular weight excluding hydrogens is 300 g/mol. The molecule has 0 aliphatic carbocycles. The van der Waals surface area contributed by atoms with E-state index < -0.39 is 0 Å². The largest absolute Gasteiger partial charge is 0.465 e. The summed E-state index contributed by atoms with van der Waals surface area (Å²) in [5, 5.41) is 3.50. The Morgan fingerprint density at radius 1 is 1.27 bits per heavy atom. The van der Waals surface area contributed by atoms with E-state index in [0.29, 0.717) is 10.8 Å². The van der Waals surface area contributed by atoms with Crippen molar-refractivity contribution in [2.75, 3.05) is 23.3 Å². The number of rotatable bonds is 4. The Morgan fingerprint density at radius 3 is 2.82 bits per heavy atom. The van der Waals surface area contributed by atoms with Crippen LogP contribution in [-0.2, 0) is 4.79 Å². The second-order valence-corrected chi connectivity index (χ2v) is 5.63. The molecule has 1 saturated heterocycles. The van der Waals surface area contributed by atoms with Crippen molar-refractivity contribution in [3.8, 4) is 0 Å². The third-order valence-corrected chi connectivity index (χ3v) is 3.84. The molecular formula is C17H17ClN2O2. The number of hydrogen-bond acceptors (Lipinski definition) is 3. The molecule has 114 valence electrons. The number of carbonyl (C=O) groups is 1. The van der Waals surface area contributed by atoms with Gasteiger partial charge in [0.2, 0.25) is 5.91 Å². The highest BCUT2D eigenvalue weighted by molar-refractivity contribution is 6.31. The van der Waals surface area contributed by atoms with Crippen LogP contribution in [0.4, 0.5) is 11.4 Å². The van der Waals surface area contributed by atoms with E-state index in [2.05, 4.69) is 10.2 Å². The van der Waals surface area contributed by atoms with Gasteiger partial charge in [-0.15, -0.1) is 0 Å². The standard InChI is InChI=1S/C17H17ClN2O2/c18-13-5-7-16(20-9-1-2-10-20)15(12-13)19-17(21)8-6-14-4-3-11-22-14/h3-8,11-12H,1-2,9-10H2,(H,19,21)/b8-6+. The van der Waals surface area contributed by atoms with Crippen LogP contribution in [0.15, 0.2) is 47.1 Å². The average molecular weight is 317 g/mol. The molecule has 22 heavy (non-hydrogen) atoms. The maximum atomic E-state index is 12.1. The van der Waals surface area contributed by atoms with Crippen molar-refractivity contribution in [2.24, 2.45) is 0 Å². The summed E-state index contributed by atoms with van der Waals surface area (Å²) >= 11 is 6.06. The van der Waals surface area contributed by atoms with Crippen LogP contribution in [-0.4, -0.2) is 19.0 Å². The van der Waals surface area contributed by atoms with E-state index in [-0.39, 0.29) is 5.91 Å². The number of benzene rings is 1. The zero-order valence-corrected chi connectivity index (χ0v) is 12.8. The molecule has 2 heterocycles. The van der Waals surface area contributed by atoms with Crippen LogP contribution in [0.1, 0.15) is 18.6 Å². The van der Waals surface area contributed by atoms with Crippen molar-refractivity contribution in [1.29, 1.82) is 0 Å². The molecule has 3 rings (SSSR count). The number of furan rings is 1. The first-order valence-corrected chi connectivity index (χ1v) is 7.67. The molecule has 5 heteroatoms. The minimum Gasteiger partial charge on any atom is -0.465 e. The van der Waals surface area contributed by atoms with Crippen molar-refractivity contribution in [3.05, 3.63) is 53.5 Å². The van der Waals surface area contributed by atoms with E-state index >= 15 is 0 Å². The average Bonchev–Trinajstić information content (AvgIpc) is 3.19. The lowest BCUT2D eigenvalue weighted by atomic mass is 10.2. The number of carbonyl (C=O) groups excluding carboxylic acids is 1. The highest BCUT2D eigenvalue weighted by atomic mass is 35.5. The molecule has 4 nitrogen and oxygen atoms in total. The van der Waals surface area contributed by atoms with Gasteiger partial charge in [0.1, 0.15) is 5.76 Å². The lowest BCUT2D eigenvalue weighted by Crippen LogP contribution is -2.20. The molecule has 2 aromatic rings. The summed E-state index contributed by atoms with van der Waals surface area (Å²) in [7, 11) is 0. The van der Waals surface area contributed by atoms with Crippen LogP contribution in [0.5, 0.6) is 0 Å². The van der Waals surface area contributed by atoms with Crippen LogP contribution in [0.25, 0.3) is 6.08 Å². The number of nitrogens with zero attached hydrogens (tertiary/aromatic N) is 1. The van der Waals surface area contributed by atoms with Crippen LogP contribution >= 0.6 is 11.6 Å². The van der Waals surface area contributed by atoms with Crippen molar-refractivity contribution in [1.82, 2.24) is 0 Å². The highest BCUT2D eigenvalue weighted by Gasteiger charge is 2.16. The van der Waals surface area contributed by atoms with E-state index in [4.69, 9.17) is 16.0 Å². The smallest absolute Gasteiger partial charge is 0.248 e. The van der Waals surface area contributed by atoms with Crippen molar-refractivity contribution < 1.29 is 9.21 Å². The summed E-state index contributed by atoms with van der Waals surface area (Å²) in [6.07, 6.45) is 7.01. The maximum absolute atomic E-state index is 12.1. The third kappa shape index (κ3) is 3.52. The van der Waals surface area contributed by atoms with Gasteiger partial charge in [-0.3, -0.25) is 4.79 Å². The van der Waals surface area contributed by atoms with Gasteiger partial charge in [-0.05, 0) is 49.2 Å². The minimum atomic E-state index is -0.209. The number of nitrogens with one attached hydrogen (secondary N) is 1. The second-order valence-electron chi connectivity index (χ2n) is 5.19. The van der Waals surface area contributed by atoms with E-state index in [1.165, 1.54) is 18.9 Å². The second kappa shape index (κ2) is 6.71. The summed E-state index contributed by atoms with van der Waals surface area (Å²) in [6, 6.07) is 9.16.